The number of hydrogen-bond acceptors (Lipinski definition) is 2. The summed E-state index contributed by atoms with van der Waals surface area (Å²) in [4.78, 5) is 16.7. The molecule has 0 aliphatic heterocycles. The summed E-state index contributed by atoms with van der Waals surface area (Å²) < 4.78 is 14.6. The summed E-state index contributed by atoms with van der Waals surface area (Å²) in [6.07, 6.45) is 4.58. The van der Waals surface area contributed by atoms with Crippen LogP contribution in [0.3, 0.4) is 0 Å². The zero-order valence-corrected chi connectivity index (χ0v) is 6.20. The van der Waals surface area contributed by atoms with Crippen LogP contribution in [0.15, 0.2) is 12.2 Å². The lowest BCUT2D eigenvalue weighted by molar-refractivity contribution is 0.141. The summed E-state index contributed by atoms with van der Waals surface area (Å²) in [6, 6.07) is 0. The lowest BCUT2D eigenvalue weighted by atomic mass is 10.3. The monoisotopic (exact) mass is 164 g/mol. The maximum atomic E-state index is 10.2. The van der Waals surface area contributed by atoms with E-state index in [0.29, 0.717) is 12.8 Å². The average Bonchev–Trinajstić information content (AvgIpc) is 2.12. The van der Waals surface area contributed by atoms with Crippen LogP contribution >= 0.6 is 7.82 Å². The van der Waals surface area contributed by atoms with Gasteiger partial charge >= 0.3 is 7.82 Å². The van der Waals surface area contributed by atoms with Crippen molar-refractivity contribution in [3.8, 4) is 0 Å². The van der Waals surface area contributed by atoms with Crippen LogP contribution in [0.1, 0.15) is 12.8 Å². The third-order valence-electron chi connectivity index (χ3n) is 1.25. The summed E-state index contributed by atoms with van der Waals surface area (Å²) in [6.45, 7) is 0. The van der Waals surface area contributed by atoms with Gasteiger partial charge < -0.3 is 9.79 Å². The van der Waals surface area contributed by atoms with E-state index in [1.807, 2.05) is 12.2 Å². The minimum atomic E-state index is -4.25. The van der Waals surface area contributed by atoms with Crippen LogP contribution in [0.25, 0.3) is 0 Å². The van der Waals surface area contributed by atoms with Gasteiger partial charge in [-0.05, 0) is 12.8 Å². The predicted molar refractivity (Wildman–Crippen MR) is 35.3 cm³/mol. The maximum absolute atomic E-state index is 10.2. The molecule has 1 rings (SSSR count). The first kappa shape index (κ1) is 7.95. The molecule has 5 heteroatoms. The van der Waals surface area contributed by atoms with E-state index in [9.17, 15) is 4.57 Å². The van der Waals surface area contributed by atoms with Crippen molar-refractivity contribution in [1.29, 1.82) is 0 Å². The third-order valence-corrected chi connectivity index (χ3v) is 1.82. The van der Waals surface area contributed by atoms with Crippen LogP contribution in [0.2, 0.25) is 0 Å². The number of hydrogen-bond donors (Lipinski definition) is 2. The minimum Gasteiger partial charge on any atom is -0.303 e. The maximum Gasteiger partial charge on any atom is 0.469 e. The Hall–Kier alpha value is -0.150. The van der Waals surface area contributed by atoms with Gasteiger partial charge in [0.1, 0.15) is 0 Å². The van der Waals surface area contributed by atoms with Crippen LogP contribution in [-0.4, -0.2) is 15.9 Å². The van der Waals surface area contributed by atoms with Gasteiger partial charge in [0, 0.05) is 0 Å². The van der Waals surface area contributed by atoms with Gasteiger partial charge in [-0.3, -0.25) is 4.52 Å². The van der Waals surface area contributed by atoms with Crippen LogP contribution in [0.4, 0.5) is 0 Å². The van der Waals surface area contributed by atoms with E-state index < -0.39 is 7.82 Å². The van der Waals surface area contributed by atoms with E-state index in [1.165, 1.54) is 0 Å². The molecular formula is C5H9O4P. The Morgan fingerprint density at radius 3 is 2.30 bits per heavy atom. The van der Waals surface area contributed by atoms with Gasteiger partial charge in [0.05, 0.1) is 6.10 Å². The molecule has 0 aromatic heterocycles. The fraction of sp³-hybridized carbons (Fsp3) is 0.600. The Kier molecular flexibility index (Phi) is 2.26. The molecular weight excluding hydrogens is 155 g/mol. The summed E-state index contributed by atoms with van der Waals surface area (Å²) in [5, 5.41) is 0. The molecule has 10 heavy (non-hydrogen) atoms. The molecule has 0 saturated heterocycles. The minimum absolute atomic E-state index is 0.319. The molecule has 0 saturated carbocycles. The van der Waals surface area contributed by atoms with E-state index in [0.717, 1.165) is 0 Å². The summed E-state index contributed by atoms with van der Waals surface area (Å²) in [5.74, 6) is 0. The smallest absolute Gasteiger partial charge is 0.303 e. The Labute approximate surface area is 58.8 Å². The molecule has 2 N–H and O–H groups in total. The van der Waals surface area contributed by atoms with E-state index in [4.69, 9.17) is 9.79 Å². The van der Waals surface area contributed by atoms with Crippen molar-refractivity contribution in [3.63, 3.8) is 0 Å². The second kappa shape index (κ2) is 2.84. The first-order valence-electron chi connectivity index (χ1n) is 2.97. The zero-order chi connectivity index (χ0) is 7.61. The lowest BCUT2D eigenvalue weighted by Gasteiger charge is -2.10. The summed E-state index contributed by atoms with van der Waals surface area (Å²) >= 11 is 0. The predicted octanol–water partition coefficient (Wildman–Crippen LogP) is 0.814. The topological polar surface area (TPSA) is 66.8 Å². The highest BCUT2D eigenvalue weighted by Crippen LogP contribution is 2.39. The molecule has 0 spiro atoms. The summed E-state index contributed by atoms with van der Waals surface area (Å²) in [7, 11) is -4.25. The molecule has 4 nitrogen and oxygen atoms in total. The van der Waals surface area contributed by atoms with Crippen molar-refractivity contribution >= 4 is 7.82 Å². The Morgan fingerprint density at radius 1 is 1.40 bits per heavy atom. The molecule has 1 aliphatic carbocycles. The zero-order valence-electron chi connectivity index (χ0n) is 5.30. The van der Waals surface area contributed by atoms with Crippen LogP contribution < -0.4 is 0 Å². The van der Waals surface area contributed by atoms with Crippen molar-refractivity contribution < 1.29 is 18.9 Å². The van der Waals surface area contributed by atoms with Gasteiger partial charge in [-0.2, -0.15) is 0 Å². The van der Waals surface area contributed by atoms with Crippen LogP contribution in [-0.2, 0) is 9.09 Å². The van der Waals surface area contributed by atoms with Gasteiger partial charge in [-0.25, -0.2) is 4.57 Å². The molecule has 1 aliphatic rings. The molecule has 58 valence electrons. The highest BCUT2D eigenvalue weighted by Gasteiger charge is 2.22. The largest absolute Gasteiger partial charge is 0.469 e. The molecule has 0 radical (unpaired) electrons. The van der Waals surface area contributed by atoms with E-state index in [1.54, 1.807) is 0 Å². The molecule has 0 heterocycles. The quantitative estimate of drug-likeness (QED) is 0.468. The SMILES string of the molecule is O=P(O)(O)OC1CC=CC1. The van der Waals surface area contributed by atoms with E-state index in [2.05, 4.69) is 4.52 Å². The van der Waals surface area contributed by atoms with Crippen molar-refractivity contribution in [2.24, 2.45) is 0 Å². The molecule has 0 aromatic rings. The number of phosphoric ester groups is 1. The van der Waals surface area contributed by atoms with Gasteiger partial charge in [0.15, 0.2) is 0 Å². The van der Waals surface area contributed by atoms with Crippen LogP contribution in [0, 0.1) is 0 Å². The molecule has 0 bridgehead atoms. The first-order chi connectivity index (χ1) is 4.58. The van der Waals surface area contributed by atoms with Crippen molar-refractivity contribution in [2.75, 3.05) is 0 Å². The molecule has 0 amide bonds. The van der Waals surface area contributed by atoms with Gasteiger partial charge in [-0.15, -0.1) is 0 Å². The Bertz CT molecular complexity index is 174. The molecule has 0 aromatic carbocycles. The number of phosphoric acid groups is 1. The Morgan fingerprint density at radius 2 is 1.90 bits per heavy atom. The second-order valence-corrected chi connectivity index (χ2v) is 3.35. The molecule has 0 unspecified atom stereocenters. The standard InChI is InChI=1S/C5H9O4P/c6-10(7,8)9-5-3-1-2-4-5/h1-2,5H,3-4H2,(H2,6,7,8). The number of rotatable bonds is 2. The second-order valence-electron chi connectivity index (χ2n) is 2.16. The third kappa shape index (κ3) is 2.62. The van der Waals surface area contributed by atoms with Gasteiger partial charge in [-0.1, -0.05) is 12.2 Å². The van der Waals surface area contributed by atoms with Crippen molar-refractivity contribution in [3.05, 3.63) is 12.2 Å². The van der Waals surface area contributed by atoms with Gasteiger partial charge in [0.2, 0.25) is 0 Å². The highest BCUT2D eigenvalue weighted by molar-refractivity contribution is 7.46. The molecule has 0 fully saturated rings. The van der Waals surface area contributed by atoms with Crippen molar-refractivity contribution in [2.45, 2.75) is 18.9 Å². The van der Waals surface area contributed by atoms with Crippen molar-refractivity contribution in [1.82, 2.24) is 0 Å². The Balaban J connectivity index is 2.33. The lowest BCUT2D eigenvalue weighted by Crippen LogP contribution is -2.05. The summed E-state index contributed by atoms with van der Waals surface area (Å²) in [5.41, 5.74) is 0. The molecule has 0 atom stereocenters. The van der Waals surface area contributed by atoms with Crippen LogP contribution in [0.5, 0.6) is 0 Å². The van der Waals surface area contributed by atoms with E-state index in [-0.39, 0.29) is 6.10 Å². The fourth-order valence-corrected chi connectivity index (χ4v) is 1.43. The van der Waals surface area contributed by atoms with E-state index >= 15 is 0 Å². The van der Waals surface area contributed by atoms with Gasteiger partial charge in [0.25, 0.3) is 0 Å². The first-order valence-corrected chi connectivity index (χ1v) is 4.50. The fourth-order valence-electron chi connectivity index (χ4n) is 0.872. The highest BCUT2D eigenvalue weighted by atomic mass is 31.2. The average molecular weight is 164 g/mol. The normalized spacial score (nSPS) is 20.2.